The first-order valence-corrected chi connectivity index (χ1v) is 4.90. The van der Waals surface area contributed by atoms with Crippen LogP contribution in [0.1, 0.15) is 30.5 Å². The van der Waals surface area contributed by atoms with Crippen molar-refractivity contribution in [2.45, 2.75) is 32.7 Å². The Labute approximate surface area is 76.3 Å². The van der Waals surface area contributed by atoms with Crippen molar-refractivity contribution in [1.29, 1.82) is 0 Å². The van der Waals surface area contributed by atoms with Crippen LogP contribution in [0.4, 0.5) is 5.69 Å². The van der Waals surface area contributed by atoms with Crippen LogP contribution in [0.15, 0.2) is 16.3 Å². The molecule has 0 atom stereocenters. The Morgan fingerprint density at radius 2 is 2.17 bits per heavy atom. The molecule has 0 fully saturated rings. The molecule has 2 nitrogen and oxygen atoms in total. The molecule has 64 valence electrons. The van der Waals surface area contributed by atoms with Crippen molar-refractivity contribution in [3.05, 3.63) is 15.8 Å². The van der Waals surface area contributed by atoms with Gasteiger partial charge in [-0.25, -0.2) is 0 Å². The first kappa shape index (κ1) is 7.92. The second kappa shape index (κ2) is 2.39. The smallest absolute Gasteiger partial charge is 0.101 e. The summed E-state index contributed by atoms with van der Waals surface area (Å²) in [5.41, 5.74) is 1.34. The molecule has 1 aliphatic rings. The van der Waals surface area contributed by atoms with Gasteiger partial charge in [-0.2, -0.15) is 10.2 Å². The maximum Gasteiger partial charge on any atom is 0.101 e. The summed E-state index contributed by atoms with van der Waals surface area (Å²) in [7, 11) is 0. The highest BCUT2D eigenvalue weighted by atomic mass is 32.1. The lowest BCUT2D eigenvalue weighted by Crippen LogP contribution is -2.07. The zero-order valence-corrected chi connectivity index (χ0v) is 8.40. The predicted molar refractivity (Wildman–Crippen MR) is 51.2 cm³/mol. The van der Waals surface area contributed by atoms with Crippen LogP contribution in [0, 0.1) is 0 Å². The molecule has 0 N–H and O–H groups in total. The second-order valence-electron chi connectivity index (χ2n) is 4.07. The van der Waals surface area contributed by atoms with Crippen molar-refractivity contribution in [2.24, 2.45) is 10.2 Å². The Hall–Kier alpha value is -0.700. The SMILES string of the molecule is CC(C)(C)c1cc2c(s1)CN=N2. The molecule has 0 saturated carbocycles. The first-order valence-electron chi connectivity index (χ1n) is 4.08. The molecular formula is C9H12N2S. The van der Waals surface area contributed by atoms with Crippen molar-refractivity contribution < 1.29 is 0 Å². The lowest BCUT2D eigenvalue weighted by atomic mass is 9.95. The molecule has 0 spiro atoms. The summed E-state index contributed by atoms with van der Waals surface area (Å²) in [6, 6.07) is 2.16. The minimum Gasteiger partial charge on any atom is -0.183 e. The Kier molecular flexibility index (Phi) is 1.58. The monoisotopic (exact) mass is 180 g/mol. The van der Waals surface area contributed by atoms with Crippen molar-refractivity contribution >= 4 is 17.0 Å². The lowest BCUT2D eigenvalue weighted by Gasteiger charge is -2.15. The van der Waals surface area contributed by atoms with Gasteiger partial charge in [-0.05, 0) is 11.5 Å². The van der Waals surface area contributed by atoms with E-state index in [1.54, 1.807) is 0 Å². The van der Waals surface area contributed by atoms with Gasteiger partial charge < -0.3 is 0 Å². The molecule has 0 saturated heterocycles. The van der Waals surface area contributed by atoms with Crippen LogP contribution in [0.2, 0.25) is 0 Å². The van der Waals surface area contributed by atoms with Crippen molar-refractivity contribution in [2.75, 3.05) is 0 Å². The minimum absolute atomic E-state index is 0.254. The van der Waals surface area contributed by atoms with Crippen LogP contribution in [0.25, 0.3) is 0 Å². The van der Waals surface area contributed by atoms with Gasteiger partial charge in [0.15, 0.2) is 0 Å². The van der Waals surface area contributed by atoms with Crippen LogP contribution >= 0.6 is 11.3 Å². The van der Waals surface area contributed by atoms with Crippen molar-refractivity contribution in [3.63, 3.8) is 0 Å². The molecule has 3 heteroatoms. The van der Waals surface area contributed by atoms with E-state index in [9.17, 15) is 0 Å². The number of thiophene rings is 1. The van der Waals surface area contributed by atoms with Gasteiger partial charge in [-0.15, -0.1) is 11.3 Å². The summed E-state index contributed by atoms with van der Waals surface area (Å²) in [6.45, 7) is 7.47. The number of hydrogen-bond donors (Lipinski definition) is 0. The van der Waals surface area contributed by atoms with Gasteiger partial charge in [0.1, 0.15) is 5.69 Å². The molecule has 0 bridgehead atoms. The molecule has 1 aliphatic heterocycles. The van der Waals surface area contributed by atoms with Gasteiger partial charge in [-0.1, -0.05) is 20.8 Å². The fourth-order valence-electron chi connectivity index (χ4n) is 1.16. The molecule has 1 aromatic rings. The lowest BCUT2D eigenvalue weighted by molar-refractivity contribution is 0.604. The second-order valence-corrected chi connectivity index (χ2v) is 5.21. The van der Waals surface area contributed by atoms with Crippen molar-refractivity contribution in [3.8, 4) is 0 Å². The molecule has 2 heterocycles. The Bertz CT molecular complexity index is 331. The Balaban J connectivity index is 2.43. The summed E-state index contributed by atoms with van der Waals surface area (Å²) in [4.78, 5) is 2.73. The molecule has 1 aromatic heterocycles. The van der Waals surface area contributed by atoms with E-state index in [2.05, 4.69) is 37.1 Å². The molecule has 0 radical (unpaired) electrons. The van der Waals surface area contributed by atoms with E-state index in [0.29, 0.717) is 0 Å². The number of nitrogens with zero attached hydrogens (tertiary/aromatic N) is 2. The largest absolute Gasteiger partial charge is 0.183 e. The maximum absolute atomic E-state index is 4.07. The standard InChI is InChI=1S/C9H12N2S/c1-9(2,3)8-4-6-7(12-8)5-10-11-6/h4H,5H2,1-3H3. The topological polar surface area (TPSA) is 24.7 Å². The third kappa shape index (κ3) is 1.18. The Morgan fingerprint density at radius 1 is 1.42 bits per heavy atom. The molecule has 12 heavy (non-hydrogen) atoms. The fourth-order valence-corrected chi connectivity index (χ4v) is 2.23. The highest BCUT2D eigenvalue weighted by molar-refractivity contribution is 7.12. The van der Waals surface area contributed by atoms with Crippen LogP contribution < -0.4 is 0 Å². The highest BCUT2D eigenvalue weighted by Gasteiger charge is 2.21. The van der Waals surface area contributed by atoms with E-state index in [1.165, 1.54) is 9.75 Å². The molecule has 0 amide bonds. The van der Waals surface area contributed by atoms with E-state index < -0.39 is 0 Å². The van der Waals surface area contributed by atoms with E-state index in [4.69, 9.17) is 0 Å². The van der Waals surface area contributed by atoms with Gasteiger partial charge in [0.25, 0.3) is 0 Å². The number of rotatable bonds is 0. The predicted octanol–water partition coefficient (Wildman–Crippen LogP) is 3.64. The average molecular weight is 180 g/mol. The van der Waals surface area contributed by atoms with Crippen LogP contribution in [-0.4, -0.2) is 0 Å². The van der Waals surface area contributed by atoms with E-state index in [0.717, 1.165) is 12.2 Å². The number of fused-ring (bicyclic) bond motifs is 1. The van der Waals surface area contributed by atoms with Gasteiger partial charge in [0, 0.05) is 4.88 Å². The Morgan fingerprint density at radius 3 is 2.75 bits per heavy atom. The van der Waals surface area contributed by atoms with Crippen LogP contribution in [-0.2, 0) is 12.0 Å². The first-order chi connectivity index (χ1) is 5.57. The summed E-state index contributed by atoms with van der Waals surface area (Å²) in [5, 5.41) is 8.04. The average Bonchev–Trinajstić information content (AvgIpc) is 2.37. The quantitative estimate of drug-likeness (QED) is 0.582. The van der Waals surface area contributed by atoms with Crippen LogP contribution in [0.5, 0.6) is 0 Å². The van der Waals surface area contributed by atoms with E-state index in [1.807, 2.05) is 11.3 Å². The van der Waals surface area contributed by atoms with Gasteiger partial charge in [0.05, 0.1) is 11.4 Å². The zero-order valence-electron chi connectivity index (χ0n) is 7.59. The number of hydrogen-bond acceptors (Lipinski definition) is 3. The van der Waals surface area contributed by atoms with E-state index >= 15 is 0 Å². The van der Waals surface area contributed by atoms with Crippen LogP contribution in [0.3, 0.4) is 0 Å². The van der Waals surface area contributed by atoms with Gasteiger partial charge >= 0.3 is 0 Å². The van der Waals surface area contributed by atoms with Gasteiger partial charge in [-0.3, -0.25) is 0 Å². The zero-order chi connectivity index (χ0) is 8.77. The summed E-state index contributed by atoms with van der Waals surface area (Å²) in [6.07, 6.45) is 0. The highest BCUT2D eigenvalue weighted by Crippen LogP contribution is 2.39. The normalized spacial score (nSPS) is 15.2. The fraction of sp³-hybridized carbons (Fsp3) is 0.556. The number of azo groups is 1. The third-order valence-electron chi connectivity index (χ3n) is 1.92. The molecule has 0 aliphatic carbocycles. The molecule has 2 rings (SSSR count). The molecular weight excluding hydrogens is 168 g/mol. The van der Waals surface area contributed by atoms with Crippen molar-refractivity contribution in [1.82, 2.24) is 0 Å². The maximum atomic E-state index is 4.07. The summed E-state index contributed by atoms with van der Waals surface area (Å²) < 4.78 is 0. The van der Waals surface area contributed by atoms with Gasteiger partial charge in [0.2, 0.25) is 0 Å². The molecule has 0 aromatic carbocycles. The minimum atomic E-state index is 0.254. The summed E-state index contributed by atoms with van der Waals surface area (Å²) >= 11 is 1.84. The molecule has 0 unspecified atom stereocenters. The third-order valence-corrected chi connectivity index (χ3v) is 3.45. The van der Waals surface area contributed by atoms with E-state index in [-0.39, 0.29) is 5.41 Å². The summed E-state index contributed by atoms with van der Waals surface area (Å²) in [5.74, 6) is 0.